The van der Waals surface area contributed by atoms with Crippen LogP contribution in [0.25, 0.3) is 11.2 Å². The maximum Gasteiger partial charge on any atom is 0.573 e. The van der Waals surface area contributed by atoms with Crippen LogP contribution in [0.3, 0.4) is 0 Å². The van der Waals surface area contributed by atoms with Gasteiger partial charge >= 0.3 is 6.36 Å². The van der Waals surface area contributed by atoms with Crippen molar-refractivity contribution in [1.29, 1.82) is 0 Å². The predicted octanol–water partition coefficient (Wildman–Crippen LogP) is 4.69. The summed E-state index contributed by atoms with van der Waals surface area (Å²) in [7, 11) is 0. The van der Waals surface area contributed by atoms with Crippen molar-refractivity contribution in [3.05, 3.63) is 53.5 Å². The first-order chi connectivity index (χ1) is 16.4. The maximum atomic E-state index is 12.9. The number of hydrogen-bond acceptors (Lipinski definition) is 5. The van der Waals surface area contributed by atoms with Crippen molar-refractivity contribution in [2.75, 3.05) is 19.6 Å². The average Bonchev–Trinajstić information content (AvgIpc) is 3.28. The van der Waals surface area contributed by atoms with Crippen molar-refractivity contribution in [3.63, 3.8) is 0 Å². The van der Waals surface area contributed by atoms with Crippen molar-refractivity contribution in [1.82, 2.24) is 25.2 Å². The van der Waals surface area contributed by atoms with Crippen LogP contribution in [-0.2, 0) is 0 Å². The average molecular weight is 473 g/mol. The van der Waals surface area contributed by atoms with Gasteiger partial charge in [0, 0.05) is 24.8 Å². The number of fused-ring (bicyclic) bond motifs is 1. The summed E-state index contributed by atoms with van der Waals surface area (Å²) in [5, 5.41) is 3.51. The van der Waals surface area contributed by atoms with Gasteiger partial charge in [0.25, 0.3) is 5.91 Å². The zero-order valence-electron chi connectivity index (χ0n) is 18.6. The first-order valence-corrected chi connectivity index (χ1v) is 11.6. The summed E-state index contributed by atoms with van der Waals surface area (Å²) in [6.45, 7) is 2.13. The summed E-state index contributed by atoms with van der Waals surface area (Å²) in [5.41, 5.74) is 3.20. The smallest absolute Gasteiger partial charge is 0.406 e. The molecule has 7 nitrogen and oxygen atoms in total. The second-order valence-electron chi connectivity index (χ2n) is 8.86. The number of ether oxygens (including phenoxy) is 1. The Bertz CT molecular complexity index is 1150. The highest BCUT2D eigenvalue weighted by Gasteiger charge is 2.31. The quantitative estimate of drug-likeness (QED) is 0.575. The van der Waals surface area contributed by atoms with E-state index in [2.05, 4.69) is 20.0 Å². The Kier molecular flexibility index (Phi) is 6.16. The van der Waals surface area contributed by atoms with Crippen molar-refractivity contribution >= 4 is 17.1 Å². The third-order valence-electron chi connectivity index (χ3n) is 6.64. The highest BCUT2D eigenvalue weighted by atomic mass is 19.4. The molecule has 10 heteroatoms. The molecule has 0 radical (unpaired) electrons. The number of carbonyl (C=O) groups excluding carboxylic acids is 1. The highest BCUT2D eigenvalue weighted by Crippen LogP contribution is 2.33. The Morgan fingerprint density at radius 2 is 1.82 bits per heavy atom. The summed E-state index contributed by atoms with van der Waals surface area (Å²) in [6, 6.07) is 7.32. The summed E-state index contributed by atoms with van der Waals surface area (Å²) in [6.07, 6.45) is 2.03. The van der Waals surface area contributed by atoms with Crippen LogP contribution in [0.15, 0.2) is 36.5 Å². The monoisotopic (exact) mass is 473 g/mol. The molecule has 0 aliphatic carbocycles. The van der Waals surface area contributed by atoms with E-state index in [1.165, 1.54) is 30.5 Å². The number of carbonyl (C=O) groups is 1. The number of nitrogens with one attached hydrogen (secondary N) is 2. The number of alkyl halides is 3. The molecular weight excluding hydrogens is 447 g/mol. The first kappa shape index (κ1) is 22.6. The minimum atomic E-state index is -4.76. The van der Waals surface area contributed by atoms with Crippen LogP contribution in [0.2, 0.25) is 0 Å². The molecule has 2 aliphatic rings. The minimum absolute atomic E-state index is 0.191. The fourth-order valence-electron chi connectivity index (χ4n) is 4.91. The lowest BCUT2D eigenvalue weighted by molar-refractivity contribution is -0.274. The zero-order chi connectivity index (χ0) is 23.7. The van der Waals surface area contributed by atoms with Gasteiger partial charge in [0.15, 0.2) is 5.65 Å². The lowest BCUT2D eigenvalue weighted by Crippen LogP contribution is -2.38. The summed E-state index contributed by atoms with van der Waals surface area (Å²) < 4.78 is 40.9. The molecule has 1 amide bonds. The van der Waals surface area contributed by atoms with Crippen molar-refractivity contribution in [2.24, 2.45) is 0 Å². The van der Waals surface area contributed by atoms with Gasteiger partial charge < -0.3 is 19.9 Å². The maximum absolute atomic E-state index is 12.9. The van der Waals surface area contributed by atoms with Crippen LogP contribution in [-0.4, -0.2) is 51.8 Å². The van der Waals surface area contributed by atoms with Crippen LogP contribution >= 0.6 is 0 Å². The van der Waals surface area contributed by atoms with Crippen LogP contribution in [0.5, 0.6) is 5.75 Å². The molecule has 2 fully saturated rings. The molecule has 0 spiro atoms. The number of aromatic nitrogens is 3. The number of benzene rings is 1. The second-order valence-corrected chi connectivity index (χ2v) is 8.86. The zero-order valence-corrected chi connectivity index (χ0v) is 18.6. The molecule has 0 saturated carbocycles. The molecule has 2 aliphatic heterocycles. The van der Waals surface area contributed by atoms with E-state index in [-0.39, 0.29) is 23.6 Å². The van der Waals surface area contributed by atoms with E-state index in [0.717, 1.165) is 54.9 Å². The van der Waals surface area contributed by atoms with Crippen molar-refractivity contribution in [3.8, 4) is 5.75 Å². The number of H-pyrrole nitrogens is 1. The molecule has 2 N–H and O–H groups in total. The first-order valence-electron chi connectivity index (χ1n) is 11.6. The highest BCUT2D eigenvalue weighted by molar-refractivity contribution is 5.94. The topological polar surface area (TPSA) is 83.1 Å². The number of nitrogens with zero attached hydrogens (tertiary/aromatic N) is 3. The summed E-state index contributed by atoms with van der Waals surface area (Å²) in [5.74, 6) is 0.667. The van der Waals surface area contributed by atoms with Crippen LogP contribution in [0, 0.1) is 0 Å². The van der Waals surface area contributed by atoms with Crippen LogP contribution in [0.1, 0.15) is 65.8 Å². The van der Waals surface area contributed by atoms with E-state index < -0.39 is 6.36 Å². The van der Waals surface area contributed by atoms with Gasteiger partial charge in [0.05, 0.1) is 11.6 Å². The Morgan fingerprint density at radius 1 is 1.06 bits per heavy atom. The van der Waals surface area contributed by atoms with Gasteiger partial charge in [0.1, 0.15) is 11.6 Å². The number of pyridine rings is 1. The van der Waals surface area contributed by atoms with Gasteiger partial charge in [0.2, 0.25) is 0 Å². The molecule has 5 rings (SSSR count). The van der Waals surface area contributed by atoms with Gasteiger partial charge in [-0.15, -0.1) is 13.2 Å². The Hall–Kier alpha value is -3.14. The lowest BCUT2D eigenvalue weighted by atomic mass is 9.89. The van der Waals surface area contributed by atoms with E-state index in [0.29, 0.717) is 18.7 Å². The predicted molar refractivity (Wildman–Crippen MR) is 119 cm³/mol. The summed E-state index contributed by atoms with van der Waals surface area (Å²) >= 11 is 0. The number of imidazole rings is 1. The van der Waals surface area contributed by atoms with E-state index in [1.54, 1.807) is 11.1 Å². The molecule has 1 atom stereocenters. The molecule has 1 aromatic carbocycles. The molecule has 4 heterocycles. The number of amides is 1. The van der Waals surface area contributed by atoms with E-state index >= 15 is 0 Å². The largest absolute Gasteiger partial charge is 0.573 e. The van der Waals surface area contributed by atoms with Crippen molar-refractivity contribution in [2.45, 2.75) is 50.4 Å². The van der Waals surface area contributed by atoms with Gasteiger partial charge in [-0.25, -0.2) is 9.97 Å². The third-order valence-corrected chi connectivity index (χ3v) is 6.64. The molecule has 34 heavy (non-hydrogen) atoms. The number of likely N-dealkylation sites (tertiary alicyclic amines) is 1. The van der Waals surface area contributed by atoms with Gasteiger partial charge in [-0.05, 0) is 74.0 Å². The fourth-order valence-corrected chi connectivity index (χ4v) is 4.91. The minimum Gasteiger partial charge on any atom is -0.406 e. The lowest BCUT2D eigenvalue weighted by Gasteiger charge is -2.32. The number of hydrogen-bond donors (Lipinski definition) is 2. The molecule has 0 bridgehead atoms. The number of aromatic amines is 1. The van der Waals surface area contributed by atoms with E-state index in [4.69, 9.17) is 4.98 Å². The molecule has 2 aromatic heterocycles. The molecular formula is C24H26F3N5O2. The molecule has 180 valence electrons. The van der Waals surface area contributed by atoms with Gasteiger partial charge in [-0.1, -0.05) is 6.42 Å². The van der Waals surface area contributed by atoms with Crippen molar-refractivity contribution < 1.29 is 22.7 Å². The van der Waals surface area contributed by atoms with Crippen LogP contribution in [0.4, 0.5) is 13.2 Å². The van der Waals surface area contributed by atoms with Crippen LogP contribution < -0.4 is 10.1 Å². The Balaban J connectivity index is 1.25. The fraction of sp³-hybridized carbons (Fsp3) is 0.458. The second kappa shape index (κ2) is 9.25. The number of halogens is 3. The van der Waals surface area contributed by atoms with E-state index in [9.17, 15) is 18.0 Å². The molecule has 3 aromatic rings. The molecule has 1 unspecified atom stereocenters. The summed E-state index contributed by atoms with van der Waals surface area (Å²) in [4.78, 5) is 27.3. The normalized spacial score (nSPS) is 20.0. The SMILES string of the molecule is O=C(c1ccc(OC(F)(F)F)cc1)N1CCC(c2ccnc3nc(C4CCCCN4)[nH]c23)CC1. The Morgan fingerprint density at radius 3 is 2.50 bits per heavy atom. The Labute approximate surface area is 194 Å². The number of rotatable bonds is 4. The standard InChI is InChI=1S/C24H26F3N5O2/c25-24(26,27)34-17-6-4-16(5-7-17)23(33)32-13-9-15(10-14-32)18-8-12-29-22-20(18)30-21(31-22)19-3-1-2-11-28-19/h4-8,12,15,19,28H,1-3,9-11,13-14H2,(H,29,30,31). The molecule has 2 saturated heterocycles. The van der Waals surface area contributed by atoms with Gasteiger partial charge in [-0.2, -0.15) is 0 Å². The van der Waals surface area contributed by atoms with E-state index in [1.807, 2.05) is 6.07 Å². The number of piperidine rings is 2. The third kappa shape index (κ3) is 4.86. The van der Waals surface area contributed by atoms with Gasteiger partial charge in [-0.3, -0.25) is 4.79 Å².